The van der Waals surface area contributed by atoms with Crippen molar-refractivity contribution in [2.24, 2.45) is 17.3 Å². The van der Waals surface area contributed by atoms with Gasteiger partial charge in [0.2, 0.25) is 5.91 Å². The van der Waals surface area contributed by atoms with Gasteiger partial charge in [-0.15, -0.1) is 11.3 Å². The van der Waals surface area contributed by atoms with Gasteiger partial charge in [0.25, 0.3) is 5.91 Å². The van der Waals surface area contributed by atoms with Crippen LogP contribution >= 0.6 is 11.3 Å². The number of amides is 2. The van der Waals surface area contributed by atoms with Crippen molar-refractivity contribution >= 4 is 34.1 Å². The topological polar surface area (TPSA) is 95.5 Å². The Balaban J connectivity index is 1.82. The molecule has 166 valence electrons. The first-order valence-electron chi connectivity index (χ1n) is 11.1. The first kappa shape index (κ1) is 22.8. The number of aliphatic carboxylic acids is 1. The van der Waals surface area contributed by atoms with E-state index in [1.165, 1.54) is 16.2 Å². The molecule has 3 rings (SSSR count). The smallest absolute Gasteiger partial charge is 0.303 e. The number of thiophene rings is 1. The molecule has 0 aliphatic heterocycles. The van der Waals surface area contributed by atoms with Gasteiger partial charge in [0.05, 0.1) is 5.56 Å². The van der Waals surface area contributed by atoms with Crippen LogP contribution in [0.5, 0.6) is 0 Å². The van der Waals surface area contributed by atoms with Crippen molar-refractivity contribution in [2.75, 3.05) is 5.32 Å². The minimum Gasteiger partial charge on any atom is -0.481 e. The fraction of sp³-hybridized carbons (Fsp3) is 0.696. The molecule has 0 spiro atoms. The van der Waals surface area contributed by atoms with Gasteiger partial charge in [-0.05, 0) is 54.9 Å². The van der Waals surface area contributed by atoms with E-state index >= 15 is 0 Å². The van der Waals surface area contributed by atoms with Crippen LogP contribution < -0.4 is 10.6 Å². The maximum atomic E-state index is 13.0. The maximum absolute atomic E-state index is 13.0. The Morgan fingerprint density at radius 2 is 1.90 bits per heavy atom. The Morgan fingerprint density at radius 1 is 1.20 bits per heavy atom. The highest BCUT2D eigenvalue weighted by atomic mass is 32.1. The number of hydrogen-bond acceptors (Lipinski definition) is 4. The van der Waals surface area contributed by atoms with Gasteiger partial charge in [0, 0.05) is 23.8 Å². The van der Waals surface area contributed by atoms with Gasteiger partial charge in [0.15, 0.2) is 0 Å². The van der Waals surface area contributed by atoms with Gasteiger partial charge in [-0.25, -0.2) is 0 Å². The molecule has 0 bridgehead atoms. The molecule has 1 heterocycles. The molecule has 1 fully saturated rings. The molecule has 3 N–H and O–H groups in total. The molecule has 1 aromatic heterocycles. The van der Waals surface area contributed by atoms with Crippen LogP contribution in [-0.4, -0.2) is 28.9 Å². The third-order valence-electron chi connectivity index (χ3n) is 6.73. The van der Waals surface area contributed by atoms with E-state index < -0.39 is 5.97 Å². The zero-order valence-electron chi connectivity index (χ0n) is 18.5. The summed E-state index contributed by atoms with van der Waals surface area (Å²) in [7, 11) is 0. The first-order chi connectivity index (χ1) is 14.1. The minimum absolute atomic E-state index is 0.0445. The largest absolute Gasteiger partial charge is 0.481 e. The molecule has 7 heteroatoms. The Bertz CT molecular complexity index is 825. The fourth-order valence-corrected chi connectivity index (χ4v) is 5.56. The summed E-state index contributed by atoms with van der Waals surface area (Å²) in [4.78, 5) is 37.7. The lowest BCUT2D eigenvalue weighted by Gasteiger charge is -2.36. The Hall–Kier alpha value is -1.89. The molecule has 0 aromatic carbocycles. The highest BCUT2D eigenvalue weighted by Gasteiger charge is 2.36. The van der Waals surface area contributed by atoms with E-state index in [1.54, 1.807) is 6.92 Å². The van der Waals surface area contributed by atoms with Crippen LogP contribution in [0.2, 0.25) is 0 Å². The van der Waals surface area contributed by atoms with Gasteiger partial charge >= 0.3 is 5.97 Å². The Kier molecular flexibility index (Phi) is 6.90. The quantitative estimate of drug-likeness (QED) is 0.528. The average molecular weight is 435 g/mol. The third kappa shape index (κ3) is 5.42. The number of carbonyl (C=O) groups excluding carboxylic acids is 2. The van der Waals surface area contributed by atoms with E-state index in [0.29, 0.717) is 16.5 Å². The summed E-state index contributed by atoms with van der Waals surface area (Å²) in [5.41, 5.74) is 1.97. The van der Waals surface area contributed by atoms with Crippen molar-refractivity contribution in [3.63, 3.8) is 0 Å². The SMILES string of the molecule is CCC(C)(C)[C@@H]1CCc2c(sc(NC(=O)C[C@@H](C)CC(=O)O)c2C(=O)NC2CC2)C1. The van der Waals surface area contributed by atoms with Crippen molar-refractivity contribution in [3.05, 3.63) is 16.0 Å². The second-order valence-electron chi connectivity index (χ2n) is 9.69. The standard InChI is InChI=1S/C23H34N2O4S/c1-5-23(3,4)14-6-9-16-17(12-14)30-22(20(16)21(29)24-15-7-8-15)25-18(26)10-13(2)11-19(27)28/h13-15H,5-12H2,1-4H3,(H,24,29)(H,25,26)(H,27,28)/t13-,14-/m1/s1. The number of carbonyl (C=O) groups is 3. The van der Waals surface area contributed by atoms with Gasteiger partial charge in [-0.1, -0.05) is 34.1 Å². The van der Waals surface area contributed by atoms with Crippen LogP contribution in [0.25, 0.3) is 0 Å². The van der Waals surface area contributed by atoms with Gasteiger partial charge in [-0.2, -0.15) is 0 Å². The van der Waals surface area contributed by atoms with E-state index in [-0.39, 0.29) is 42.0 Å². The van der Waals surface area contributed by atoms with Crippen LogP contribution in [0.15, 0.2) is 0 Å². The lowest BCUT2D eigenvalue weighted by molar-refractivity contribution is -0.138. The number of anilines is 1. The fourth-order valence-electron chi connectivity index (χ4n) is 4.22. The van der Waals surface area contributed by atoms with E-state index in [0.717, 1.165) is 44.1 Å². The van der Waals surface area contributed by atoms with Crippen molar-refractivity contribution in [3.8, 4) is 0 Å². The Labute approximate surface area is 182 Å². The summed E-state index contributed by atoms with van der Waals surface area (Å²) in [6.45, 7) is 8.60. The lowest BCUT2D eigenvalue weighted by atomic mass is 9.69. The van der Waals surface area contributed by atoms with E-state index in [2.05, 4.69) is 31.4 Å². The van der Waals surface area contributed by atoms with Gasteiger partial charge in [-0.3, -0.25) is 14.4 Å². The first-order valence-corrected chi connectivity index (χ1v) is 11.9. The molecule has 2 aliphatic carbocycles. The zero-order chi connectivity index (χ0) is 22.1. The molecule has 2 atom stereocenters. The van der Waals surface area contributed by atoms with Crippen LogP contribution in [-0.2, 0) is 22.4 Å². The molecular formula is C23H34N2O4S. The highest BCUT2D eigenvalue weighted by molar-refractivity contribution is 7.17. The zero-order valence-corrected chi connectivity index (χ0v) is 19.3. The van der Waals surface area contributed by atoms with Crippen molar-refractivity contribution in [2.45, 2.75) is 85.1 Å². The molecule has 0 radical (unpaired) electrons. The van der Waals surface area contributed by atoms with Crippen molar-refractivity contribution in [1.82, 2.24) is 5.32 Å². The number of hydrogen-bond donors (Lipinski definition) is 3. The molecule has 2 aliphatic rings. The second-order valence-corrected chi connectivity index (χ2v) is 10.8. The summed E-state index contributed by atoms with van der Waals surface area (Å²) in [6.07, 6.45) is 6.07. The number of rotatable bonds is 9. The summed E-state index contributed by atoms with van der Waals surface area (Å²) in [6, 6.07) is 0.252. The van der Waals surface area contributed by atoms with Crippen LogP contribution in [0.1, 0.15) is 87.0 Å². The number of carboxylic acids is 1. The number of carboxylic acid groups (broad SMARTS) is 1. The lowest BCUT2D eigenvalue weighted by Crippen LogP contribution is -2.30. The van der Waals surface area contributed by atoms with Gasteiger partial charge < -0.3 is 15.7 Å². The molecule has 6 nitrogen and oxygen atoms in total. The monoisotopic (exact) mass is 434 g/mol. The molecule has 2 amide bonds. The van der Waals surface area contributed by atoms with Crippen LogP contribution in [0.4, 0.5) is 5.00 Å². The predicted octanol–water partition coefficient (Wildman–Crippen LogP) is 4.62. The third-order valence-corrected chi connectivity index (χ3v) is 7.90. The minimum atomic E-state index is -0.907. The summed E-state index contributed by atoms with van der Waals surface area (Å²) < 4.78 is 0. The van der Waals surface area contributed by atoms with Crippen molar-refractivity contribution in [1.29, 1.82) is 0 Å². The average Bonchev–Trinajstić information content (AvgIpc) is 3.38. The summed E-state index contributed by atoms with van der Waals surface area (Å²) in [5.74, 6) is -0.913. The summed E-state index contributed by atoms with van der Waals surface area (Å²) >= 11 is 1.53. The van der Waals surface area contributed by atoms with Crippen LogP contribution in [0, 0.1) is 17.3 Å². The van der Waals surface area contributed by atoms with E-state index in [4.69, 9.17) is 5.11 Å². The maximum Gasteiger partial charge on any atom is 0.303 e. The molecular weight excluding hydrogens is 400 g/mol. The second kappa shape index (κ2) is 9.08. The molecule has 0 unspecified atom stereocenters. The predicted molar refractivity (Wildman–Crippen MR) is 119 cm³/mol. The van der Waals surface area contributed by atoms with Gasteiger partial charge in [0.1, 0.15) is 5.00 Å². The van der Waals surface area contributed by atoms with E-state index in [9.17, 15) is 14.4 Å². The summed E-state index contributed by atoms with van der Waals surface area (Å²) in [5, 5.41) is 15.6. The molecule has 0 saturated heterocycles. The Morgan fingerprint density at radius 3 is 2.50 bits per heavy atom. The molecule has 1 aromatic rings. The van der Waals surface area contributed by atoms with E-state index in [1.807, 2.05) is 0 Å². The van der Waals surface area contributed by atoms with Crippen molar-refractivity contribution < 1.29 is 19.5 Å². The normalized spacial score (nSPS) is 19.7. The number of nitrogens with one attached hydrogen (secondary N) is 2. The van der Waals surface area contributed by atoms with Crippen LogP contribution in [0.3, 0.4) is 0 Å². The highest BCUT2D eigenvalue weighted by Crippen LogP contribution is 2.45. The molecule has 1 saturated carbocycles. The molecule has 30 heavy (non-hydrogen) atoms. The number of fused-ring (bicyclic) bond motifs is 1.